The Morgan fingerprint density at radius 1 is 1.44 bits per heavy atom. The van der Waals surface area contributed by atoms with Gasteiger partial charge >= 0.3 is 0 Å². The molecule has 0 amide bonds. The third-order valence-corrected chi connectivity index (χ3v) is 3.05. The van der Waals surface area contributed by atoms with E-state index in [-0.39, 0.29) is 6.10 Å². The Morgan fingerprint density at radius 2 is 2.19 bits per heavy atom. The minimum Gasteiger partial charge on any atom is -0.497 e. The van der Waals surface area contributed by atoms with E-state index in [1.807, 2.05) is 18.2 Å². The first kappa shape index (κ1) is 11.3. The van der Waals surface area contributed by atoms with Gasteiger partial charge in [-0.25, -0.2) is 0 Å². The van der Waals surface area contributed by atoms with E-state index in [0.29, 0.717) is 12.3 Å². The first-order valence-corrected chi connectivity index (χ1v) is 5.64. The summed E-state index contributed by atoms with van der Waals surface area (Å²) in [5.74, 6) is 1.94. The molecule has 0 bridgehead atoms. The molecule has 0 fully saturated rings. The summed E-state index contributed by atoms with van der Waals surface area (Å²) in [6.45, 7) is 4.21. The summed E-state index contributed by atoms with van der Waals surface area (Å²) in [5.41, 5.74) is 0.830. The predicted molar refractivity (Wildman–Crippen MR) is 61.8 cm³/mol. The molecule has 0 spiro atoms. The van der Waals surface area contributed by atoms with Gasteiger partial charge in [-0.2, -0.15) is 0 Å². The Balaban J connectivity index is 2.30. The Hall–Kier alpha value is -1.22. The van der Waals surface area contributed by atoms with Crippen molar-refractivity contribution < 1.29 is 14.6 Å². The van der Waals surface area contributed by atoms with Crippen molar-refractivity contribution in [1.29, 1.82) is 0 Å². The number of hydrogen-bond acceptors (Lipinski definition) is 3. The molecule has 0 radical (unpaired) electrons. The molecule has 0 aliphatic carbocycles. The number of methoxy groups -OCH3 is 1. The zero-order valence-electron chi connectivity index (χ0n) is 9.93. The van der Waals surface area contributed by atoms with Crippen molar-refractivity contribution >= 4 is 0 Å². The van der Waals surface area contributed by atoms with Crippen LogP contribution in [0.4, 0.5) is 0 Å². The highest BCUT2D eigenvalue weighted by Crippen LogP contribution is 2.38. The maximum Gasteiger partial charge on any atom is 0.125 e. The highest BCUT2D eigenvalue weighted by atomic mass is 16.5. The topological polar surface area (TPSA) is 38.7 Å². The van der Waals surface area contributed by atoms with Gasteiger partial charge in [-0.05, 0) is 24.1 Å². The average Bonchev–Trinajstić information content (AvgIpc) is 2.28. The summed E-state index contributed by atoms with van der Waals surface area (Å²) < 4.78 is 11.0. The van der Waals surface area contributed by atoms with E-state index in [4.69, 9.17) is 9.47 Å². The van der Waals surface area contributed by atoms with Crippen LogP contribution in [0.5, 0.6) is 11.5 Å². The fraction of sp³-hybridized carbons (Fsp3) is 0.538. The van der Waals surface area contributed by atoms with E-state index in [2.05, 4.69) is 13.8 Å². The number of rotatable bonds is 2. The molecule has 1 aliphatic heterocycles. The van der Waals surface area contributed by atoms with Crippen LogP contribution in [0.15, 0.2) is 18.2 Å². The van der Waals surface area contributed by atoms with Gasteiger partial charge in [0.05, 0.1) is 13.2 Å². The lowest BCUT2D eigenvalue weighted by Gasteiger charge is -2.32. The zero-order chi connectivity index (χ0) is 11.7. The van der Waals surface area contributed by atoms with Crippen molar-refractivity contribution in [2.24, 2.45) is 5.92 Å². The van der Waals surface area contributed by atoms with Gasteiger partial charge in [0, 0.05) is 12.0 Å². The largest absolute Gasteiger partial charge is 0.497 e. The standard InChI is InChI=1S/C13H18O3/c1-8(2)13-7-11(14)10-6-9(15-3)4-5-12(10)16-13/h4-6,8,11,13-14H,7H2,1-3H3/t11-,13?/m0/s1. The number of fused-ring (bicyclic) bond motifs is 1. The lowest BCUT2D eigenvalue weighted by atomic mass is 9.93. The summed E-state index contributed by atoms with van der Waals surface area (Å²) in [4.78, 5) is 0. The van der Waals surface area contributed by atoms with Gasteiger partial charge in [0.25, 0.3) is 0 Å². The second kappa shape index (κ2) is 4.34. The maximum atomic E-state index is 10.1. The van der Waals surface area contributed by atoms with Crippen LogP contribution in [-0.4, -0.2) is 18.3 Å². The minimum absolute atomic E-state index is 0.0934. The molecule has 16 heavy (non-hydrogen) atoms. The van der Waals surface area contributed by atoms with Crippen molar-refractivity contribution in [3.8, 4) is 11.5 Å². The van der Waals surface area contributed by atoms with Crippen molar-refractivity contribution in [2.75, 3.05) is 7.11 Å². The van der Waals surface area contributed by atoms with Gasteiger partial charge in [0.2, 0.25) is 0 Å². The smallest absolute Gasteiger partial charge is 0.125 e. The van der Waals surface area contributed by atoms with Gasteiger partial charge in [-0.15, -0.1) is 0 Å². The number of aliphatic hydroxyl groups is 1. The quantitative estimate of drug-likeness (QED) is 0.835. The Labute approximate surface area is 96.0 Å². The molecular weight excluding hydrogens is 204 g/mol. The van der Waals surface area contributed by atoms with Gasteiger partial charge in [0.1, 0.15) is 17.6 Å². The molecule has 1 N–H and O–H groups in total. The summed E-state index contributed by atoms with van der Waals surface area (Å²) in [5, 5.41) is 10.1. The minimum atomic E-state index is -0.453. The molecule has 1 heterocycles. The van der Waals surface area contributed by atoms with E-state index >= 15 is 0 Å². The van der Waals surface area contributed by atoms with Gasteiger partial charge in [-0.3, -0.25) is 0 Å². The molecule has 1 aromatic rings. The van der Waals surface area contributed by atoms with E-state index in [1.165, 1.54) is 0 Å². The second-order valence-electron chi connectivity index (χ2n) is 4.56. The number of hydrogen-bond donors (Lipinski definition) is 1. The highest BCUT2D eigenvalue weighted by molar-refractivity contribution is 5.43. The zero-order valence-corrected chi connectivity index (χ0v) is 9.93. The number of ether oxygens (including phenoxy) is 2. The first-order chi connectivity index (χ1) is 7.61. The Morgan fingerprint density at radius 3 is 2.81 bits per heavy atom. The molecule has 3 nitrogen and oxygen atoms in total. The molecule has 0 saturated carbocycles. The van der Waals surface area contributed by atoms with E-state index in [9.17, 15) is 5.11 Å². The monoisotopic (exact) mass is 222 g/mol. The molecule has 1 aliphatic rings. The molecular formula is C13H18O3. The summed E-state index contributed by atoms with van der Waals surface area (Å²) in [6.07, 6.45) is 0.292. The fourth-order valence-electron chi connectivity index (χ4n) is 1.99. The first-order valence-electron chi connectivity index (χ1n) is 5.64. The molecule has 2 atom stereocenters. The normalized spacial score (nSPS) is 23.8. The molecule has 0 saturated heterocycles. The van der Waals surface area contributed by atoms with E-state index < -0.39 is 6.10 Å². The molecule has 3 heteroatoms. The SMILES string of the molecule is COc1ccc2c(c1)[C@@H](O)CC(C(C)C)O2. The van der Waals surface area contributed by atoms with Gasteiger partial charge in [0.15, 0.2) is 0 Å². The van der Waals surface area contributed by atoms with Crippen LogP contribution in [0, 0.1) is 5.92 Å². The van der Waals surface area contributed by atoms with Crippen LogP contribution >= 0.6 is 0 Å². The van der Waals surface area contributed by atoms with Crippen molar-refractivity contribution in [2.45, 2.75) is 32.5 Å². The van der Waals surface area contributed by atoms with Crippen molar-refractivity contribution in [1.82, 2.24) is 0 Å². The van der Waals surface area contributed by atoms with E-state index in [1.54, 1.807) is 7.11 Å². The van der Waals surface area contributed by atoms with Gasteiger partial charge in [-0.1, -0.05) is 13.8 Å². The summed E-state index contributed by atoms with van der Waals surface area (Å²) >= 11 is 0. The third-order valence-electron chi connectivity index (χ3n) is 3.05. The van der Waals surface area contributed by atoms with Crippen LogP contribution < -0.4 is 9.47 Å². The molecule has 0 aromatic heterocycles. The Bertz CT molecular complexity index is 373. The lowest BCUT2D eigenvalue weighted by molar-refractivity contribution is 0.0425. The second-order valence-corrected chi connectivity index (χ2v) is 4.56. The van der Waals surface area contributed by atoms with Crippen LogP contribution in [0.3, 0.4) is 0 Å². The van der Waals surface area contributed by atoms with E-state index in [0.717, 1.165) is 17.1 Å². The van der Waals surface area contributed by atoms with Crippen LogP contribution in [0.2, 0.25) is 0 Å². The summed E-state index contributed by atoms with van der Waals surface area (Å²) in [6, 6.07) is 5.57. The summed E-state index contributed by atoms with van der Waals surface area (Å²) in [7, 11) is 1.62. The number of benzene rings is 1. The molecule has 2 rings (SSSR count). The van der Waals surface area contributed by atoms with Crippen LogP contribution in [-0.2, 0) is 0 Å². The predicted octanol–water partition coefficient (Wildman–Crippen LogP) is 2.54. The van der Waals surface area contributed by atoms with Gasteiger partial charge < -0.3 is 14.6 Å². The molecule has 1 unspecified atom stereocenters. The third kappa shape index (κ3) is 2.00. The Kier molecular flexibility index (Phi) is 3.06. The average molecular weight is 222 g/mol. The lowest BCUT2D eigenvalue weighted by Crippen LogP contribution is -2.30. The van der Waals surface area contributed by atoms with Crippen LogP contribution in [0.25, 0.3) is 0 Å². The maximum absolute atomic E-state index is 10.1. The number of aliphatic hydroxyl groups excluding tert-OH is 1. The molecule has 88 valence electrons. The van der Waals surface area contributed by atoms with Crippen molar-refractivity contribution in [3.63, 3.8) is 0 Å². The van der Waals surface area contributed by atoms with Crippen LogP contribution in [0.1, 0.15) is 31.9 Å². The van der Waals surface area contributed by atoms with Crippen molar-refractivity contribution in [3.05, 3.63) is 23.8 Å². The highest BCUT2D eigenvalue weighted by Gasteiger charge is 2.29. The molecule has 1 aromatic carbocycles. The fourth-order valence-corrected chi connectivity index (χ4v) is 1.99.